The molecule has 3 aromatic rings. The van der Waals surface area contributed by atoms with Crippen molar-refractivity contribution in [1.82, 2.24) is 24.5 Å². The monoisotopic (exact) mass is 287 g/mol. The molecule has 4 rings (SSSR count). The standard InChI is InChI=1S/C14H11F2N5/c15-10-7-17-20(8-10)14-18-13-11(16)6-12(21(13)19-14)9-4-2-1-3-5-9/h1-5,7-8,11-12H,6H2/t11-,12-/m0/s1. The molecule has 1 aliphatic rings. The first-order valence-electron chi connectivity index (χ1n) is 6.58. The van der Waals surface area contributed by atoms with Gasteiger partial charge in [0.25, 0.3) is 5.95 Å². The summed E-state index contributed by atoms with van der Waals surface area (Å²) in [6.45, 7) is 0. The van der Waals surface area contributed by atoms with Crippen LogP contribution in [0.15, 0.2) is 42.7 Å². The van der Waals surface area contributed by atoms with Gasteiger partial charge in [0.2, 0.25) is 0 Å². The number of aromatic nitrogens is 5. The third-order valence-electron chi connectivity index (χ3n) is 3.59. The summed E-state index contributed by atoms with van der Waals surface area (Å²) in [5, 5.41) is 8.08. The number of hydrogen-bond donors (Lipinski definition) is 0. The molecule has 0 spiro atoms. The van der Waals surface area contributed by atoms with Gasteiger partial charge in [0, 0.05) is 6.42 Å². The first kappa shape index (κ1) is 12.2. The zero-order valence-corrected chi connectivity index (χ0v) is 10.9. The Balaban J connectivity index is 1.77. The van der Waals surface area contributed by atoms with E-state index >= 15 is 0 Å². The van der Waals surface area contributed by atoms with Gasteiger partial charge < -0.3 is 0 Å². The molecule has 106 valence electrons. The van der Waals surface area contributed by atoms with Gasteiger partial charge in [-0.1, -0.05) is 30.3 Å². The molecule has 0 saturated carbocycles. The average Bonchev–Trinajstić information content (AvgIpc) is 3.17. The molecule has 7 heteroatoms. The Morgan fingerprint density at radius 3 is 2.71 bits per heavy atom. The normalized spacial score (nSPS) is 20.7. The van der Waals surface area contributed by atoms with E-state index in [4.69, 9.17) is 0 Å². The molecule has 0 fully saturated rings. The molecule has 5 nitrogen and oxygen atoms in total. The van der Waals surface area contributed by atoms with Gasteiger partial charge in [-0.25, -0.2) is 18.1 Å². The highest BCUT2D eigenvalue weighted by Gasteiger charge is 2.35. The molecule has 0 unspecified atom stereocenters. The Labute approximate surface area is 118 Å². The van der Waals surface area contributed by atoms with Crippen LogP contribution in [0.25, 0.3) is 5.95 Å². The van der Waals surface area contributed by atoms with Crippen LogP contribution in [0, 0.1) is 5.82 Å². The molecule has 0 amide bonds. The van der Waals surface area contributed by atoms with E-state index in [1.807, 2.05) is 30.3 Å². The van der Waals surface area contributed by atoms with Crippen molar-refractivity contribution in [1.29, 1.82) is 0 Å². The summed E-state index contributed by atoms with van der Waals surface area (Å²) >= 11 is 0. The topological polar surface area (TPSA) is 48.5 Å². The Morgan fingerprint density at radius 2 is 2.00 bits per heavy atom. The van der Waals surface area contributed by atoms with Crippen LogP contribution < -0.4 is 0 Å². The van der Waals surface area contributed by atoms with Gasteiger partial charge in [-0.05, 0) is 5.56 Å². The van der Waals surface area contributed by atoms with E-state index in [1.165, 1.54) is 4.68 Å². The molecule has 21 heavy (non-hydrogen) atoms. The first-order chi connectivity index (χ1) is 10.2. The van der Waals surface area contributed by atoms with Crippen LogP contribution in [0.1, 0.15) is 30.0 Å². The summed E-state index contributed by atoms with van der Waals surface area (Å²) < 4.78 is 29.9. The fraction of sp³-hybridized carbons (Fsp3) is 0.214. The summed E-state index contributed by atoms with van der Waals surface area (Å²) in [5.41, 5.74) is 0.974. The number of benzene rings is 1. The van der Waals surface area contributed by atoms with Gasteiger partial charge in [-0.15, -0.1) is 5.10 Å². The second kappa shape index (κ2) is 4.47. The molecule has 0 saturated heterocycles. The Bertz CT molecular complexity index is 780. The highest BCUT2D eigenvalue weighted by Crippen LogP contribution is 2.39. The fourth-order valence-corrected chi connectivity index (χ4v) is 2.63. The second-order valence-corrected chi connectivity index (χ2v) is 4.95. The molecule has 2 aromatic heterocycles. The van der Waals surface area contributed by atoms with Crippen molar-refractivity contribution in [3.05, 3.63) is 59.9 Å². The average molecular weight is 287 g/mol. The zero-order chi connectivity index (χ0) is 14.4. The lowest BCUT2D eigenvalue weighted by Crippen LogP contribution is -2.08. The van der Waals surface area contributed by atoms with E-state index < -0.39 is 12.0 Å². The van der Waals surface area contributed by atoms with Crippen molar-refractivity contribution in [3.8, 4) is 5.95 Å². The Kier molecular flexibility index (Phi) is 2.60. The fourth-order valence-electron chi connectivity index (χ4n) is 2.63. The van der Waals surface area contributed by atoms with Gasteiger partial charge in [-0.2, -0.15) is 10.1 Å². The number of hydrogen-bond acceptors (Lipinski definition) is 3. The molecule has 2 atom stereocenters. The van der Waals surface area contributed by atoms with Crippen LogP contribution in [-0.2, 0) is 0 Å². The van der Waals surface area contributed by atoms with Crippen LogP contribution in [0.5, 0.6) is 0 Å². The van der Waals surface area contributed by atoms with Gasteiger partial charge in [0.15, 0.2) is 17.8 Å². The molecular formula is C14H11F2N5. The van der Waals surface area contributed by atoms with Crippen molar-refractivity contribution in [3.63, 3.8) is 0 Å². The molecule has 0 aliphatic carbocycles. The summed E-state index contributed by atoms with van der Waals surface area (Å²) in [5.74, 6) is -0.0479. The summed E-state index contributed by atoms with van der Waals surface area (Å²) in [6.07, 6.45) is 1.35. The summed E-state index contributed by atoms with van der Waals surface area (Å²) in [6, 6.07) is 9.38. The van der Waals surface area contributed by atoms with E-state index in [9.17, 15) is 8.78 Å². The van der Waals surface area contributed by atoms with Crippen molar-refractivity contribution in [2.24, 2.45) is 0 Å². The smallest absolute Gasteiger partial charge is 0.239 e. The first-order valence-corrected chi connectivity index (χ1v) is 6.58. The number of fused-ring (bicyclic) bond motifs is 1. The van der Waals surface area contributed by atoms with Crippen molar-refractivity contribution < 1.29 is 8.78 Å². The lowest BCUT2D eigenvalue weighted by molar-refractivity contribution is 0.328. The highest BCUT2D eigenvalue weighted by atomic mass is 19.1. The van der Waals surface area contributed by atoms with E-state index in [-0.39, 0.29) is 17.8 Å². The third kappa shape index (κ3) is 1.93. The van der Waals surface area contributed by atoms with E-state index in [0.29, 0.717) is 6.42 Å². The largest absolute Gasteiger partial charge is 0.269 e. The number of halogens is 2. The Hall–Kier alpha value is -2.57. The lowest BCUT2D eigenvalue weighted by Gasteiger charge is -2.11. The predicted octanol–water partition coefficient (Wildman–Crippen LogP) is 2.61. The maximum Gasteiger partial charge on any atom is 0.269 e. The van der Waals surface area contributed by atoms with Crippen molar-refractivity contribution in [2.45, 2.75) is 18.6 Å². The molecule has 0 N–H and O–H groups in total. The quantitative estimate of drug-likeness (QED) is 0.728. The third-order valence-corrected chi connectivity index (χ3v) is 3.59. The van der Waals surface area contributed by atoms with Crippen LogP contribution in [0.2, 0.25) is 0 Å². The van der Waals surface area contributed by atoms with Gasteiger partial charge in [-0.3, -0.25) is 0 Å². The van der Waals surface area contributed by atoms with Crippen molar-refractivity contribution >= 4 is 0 Å². The van der Waals surface area contributed by atoms with Crippen LogP contribution in [0.4, 0.5) is 8.78 Å². The zero-order valence-electron chi connectivity index (χ0n) is 10.9. The molecule has 3 heterocycles. The van der Waals surface area contributed by atoms with E-state index in [2.05, 4.69) is 15.2 Å². The predicted molar refractivity (Wildman–Crippen MR) is 70.1 cm³/mol. The van der Waals surface area contributed by atoms with Crippen molar-refractivity contribution in [2.75, 3.05) is 0 Å². The van der Waals surface area contributed by atoms with Crippen LogP contribution >= 0.6 is 0 Å². The Morgan fingerprint density at radius 1 is 1.19 bits per heavy atom. The molecular weight excluding hydrogens is 276 g/mol. The number of alkyl halides is 1. The van der Waals surface area contributed by atoms with Gasteiger partial charge >= 0.3 is 0 Å². The minimum Gasteiger partial charge on any atom is -0.239 e. The van der Waals surface area contributed by atoms with E-state index in [0.717, 1.165) is 18.0 Å². The number of nitrogens with zero attached hydrogens (tertiary/aromatic N) is 5. The minimum absolute atomic E-state index is 0.178. The molecule has 0 bridgehead atoms. The summed E-state index contributed by atoms with van der Waals surface area (Å²) in [4.78, 5) is 4.14. The van der Waals surface area contributed by atoms with Crippen LogP contribution in [0.3, 0.4) is 0 Å². The van der Waals surface area contributed by atoms with Crippen LogP contribution in [-0.4, -0.2) is 24.5 Å². The maximum absolute atomic E-state index is 14.2. The molecule has 1 aromatic carbocycles. The highest BCUT2D eigenvalue weighted by molar-refractivity contribution is 5.25. The summed E-state index contributed by atoms with van der Waals surface area (Å²) in [7, 11) is 0. The maximum atomic E-state index is 14.2. The van der Waals surface area contributed by atoms with Gasteiger partial charge in [0.1, 0.15) is 0 Å². The van der Waals surface area contributed by atoms with Gasteiger partial charge in [0.05, 0.1) is 18.4 Å². The number of rotatable bonds is 2. The minimum atomic E-state index is -1.18. The second-order valence-electron chi connectivity index (χ2n) is 4.95. The lowest BCUT2D eigenvalue weighted by atomic mass is 10.0. The molecule has 0 radical (unpaired) electrons. The van der Waals surface area contributed by atoms with E-state index in [1.54, 1.807) is 4.68 Å². The SMILES string of the molecule is Fc1cnn(-c2nc3n(n2)[C@H](c2ccccc2)C[C@@H]3F)c1. The molecule has 1 aliphatic heterocycles.